The van der Waals surface area contributed by atoms with Crippen LogP contribution in [0.15, 0.2) is 78.9 Å². The first-order valence-corrected chi connectivity index (χ1v) is 11.3. The van der Waals surface area contributed by atoms with Crippen LogP contribution < -0.4 is 5.32 Å². The Hall–Kier alpha value is -3.33. The molecular weight excluding hydrogens is 378 g/mol. The summed E-state index contributed by atoms with van der Waals surface area (Å²) in [5, 5.41) is 8.86. The molecule has 3 aromatic carbocycles. The monoisotopic (exact) mass is 407 g/mol. The normalized spacial score (nSPS) is 13.5. The van der Waals surface area contributed by atoms with Crippen LogP contribution in [0.25, 0.3) is 28.1 Å². The maximum atomic E-state index is 5.17. The van der Waals surface area contributed by atoms with Crippen molar-refractivity contribution in [2.75, 3.05) is 11.9 Å². The molecule has 3 heteroatoms. The van der Waals surface area contributed by atoms with E-state index in [1.165, 1.54) is 46.3 Å². The van der Waals surface area contributed by atoms with Gasteiger partial charge in [0.1, 0.15) is 5.82 Å². The summed E-state index contributed by atoms with van der Waals surface area (Å²) in [4.78, 5) is 0. The molecule has 2 heterocycles. The van der Waals surface area contributed by atoms with Crippen LogP contribution in [0.2, 0.25) is 0 Å². The predicted octanol–water partition coefficient (Wildman–Crippen LogP) is 7.08. The molecule has 0 spiro atoms. The molecular formula is C28H29N3. The van der Waals surface area contributed by atoms with Gasteiger partial charge >= 0.3 is 0 Å². The Balaban J connectivity index is 1.62. The van der Waals surface area contributed by atoms with Gasteiger partial charge in [-0.2, -0.15) is 5.10 Å². The molecule has 1 aliphatic heterocycles. The third kappa shape index (κ3) is 3.76. The van der Waals surface area contributed by atoms with Gasteiger partial charge in [0.2, 0.25) is 0 Å². The summed E-state index contributed by atoms with van der Waals surface area (Å²) in [6.07, 6.45) is 3.43. The number of hydrogen-bond acceptors (Lipinski definition) is 2. The summed E-state index contributed by atoms with van der Waals surface area (Å²) in [5.41, 5.74) is 8.59. The first kappa shape index (κ1) is 19.6. The lowest BCUT2D eigenvalue weighted by atomic mass is 10.00. The largest absolute Gasteiger partial charge is 0.370 e. The Kier molecular flexibility index (Phi) is 5.33. The number of benzene rings is 3. The minimum absolute atomic E-state index is 0.440. The van der Waals surface area contributed by atoms with Crippen LogP contribution in [0, 0.1) is 0 Å². The summed E-state index contributed by atoms with van der Waals surface area (Å²) < 4.78 is 2.15. The lowest BCUT2D eigenvalue weighted by Crippen LogP contribution is -2.09. The molecule has 0 atom stereocenters. The van der Waals surface area contributed by atoms with Crippen molar-refractivity contribution < 1.29 is 0 Å². The van der Waals surface area contributed by atoms with E-state index < -0.39 is 0 Å². The molecule has 0 bridgehead atoms. The van der Waals surface area contributed by atoms with E-state index in [4.69, 9.17) is 5.10 Å². The number of para-hydroxylation sites is 1. The second kappa shape index (κ2) is 8.43. The third-order valence-electron chi connectivity index (χ3n) is 6.18. The average Bonchev–Trinajstić information content (AvgIpc) is 3.00. The summed E-state index contributed by atoms with van der Waals surface area (Å²) in [6, 6.07) is 28.0. The van der Waals surface area contributed by atoms with Crippen LogP contribution in [0.1, 0.15) is 43.7 Å². The summed E-state index contributed by atoms with van der Waals surface area (Å²) in [5.74, 6) is 1.60. The summed E-state index contributed by atoms with van der Waals surface area (Å²) in [7, 11) is 0. The molecule has 0 aliphatic carbocycles. The molecule has 0 amide bonds. The number of anilines is 1. The lowest BCUT2D eigenvalue weighted by molar-refractivity contribution is 0.776. The number of nitrogens with one attached hydrogen (secondary N) is 1. The van der Waals surface area contributed by atoms with E-state index in [0.29, 0.717) is 5.92 Å². The highest BCUT2D eigenvalue weighted by molar-refractivity contribution is 5.74. The standard InChI is InChI=1S/C28H29N3/c1-20(2)24-12-6-7-14-26(24)31-28-25(13-8-9-19-29-28)27(30-31)23-17-15-22(16-18-23)21-10-4-3-5-11-21/h3-7,10-12,14-18,20,29H,8-9,13,19H2,1-2H3. The maximum Gasteiger partial charge on any atom is 0.133 e. The molecule has 156 valence electrons. The van der Waals surface area contributed by atoms with Crippen LogP contribution in [0.4, 0.5) is 5.82 Å². The minimum Gasteiger partial charge on any atom is -0.370 e. The average molecular weight is 408 g/mol. The smallest absolute Gasteiger partial charge is 0.133 e. The SMILES string of the molecule is CC(C)c1ccccc1-n1nc(-c2ccc(-c3ccccc3)cc2)c2c1NCCCC2. The van der Waals surface area contributed by atoms with Gasteiger partial charge in [-0.3, -0.25) is 0 Å². The third-order valence-corrected chi connectivity index (χ3v) is 6.18. The van der Waals surface area contributed by atoms with Gasteiger partial charge in [0.25, 0.3) is 0 Å². The number of nitrogens with zero attached hydrogens (tertiary/aromatic N) is 2. The predicted molar refractivity (Wildman–Crippen MR) is 130 cm³/mol. The van der Waals surface area contributed by atoms with Crippen LogP contribution >= 0.6 is 0 Å². The highest BCUT2D eigenvalue weighted by Gasteiger charge is 2.23. The Bertz CT molecular complexity index is 1170. The molecule has 5 rings (SSSR count). The molecule has 31 heavy (non-hydrogen) atoms. The molecule has 1 aliphatic rings. The van der Waals surface area contributed by atoms with Crippen molar-refractivity contribution in [3.63, 3.8) is 0 Å². The fraction of sp³-hybridized carbons (Fsp3) is 0.250. The van der Waals surface area contributed by atoms with Gasteiger partial charge in [-0.05, 0) is 47.9 Å². The van der Waals surface area contributed by atoms with E-state index in [0.717, 1.165) is 24.5 Å². The molecule has 1 aromatic heterocycles. The van der Waals surface area contributed by atoms with E-state index in [-0.39, 0.29) is 0 Å². The van der Waals surface area contributed by atoms with Crippen molar-refractivity contribution in [3.8, 4) is 28.1 Å². The molecule has 1 N–H and O–H groups in total. The van der Waals surface area contributed by atoms with E-state index >= 15 is 0 Å². The van der Waals surface area contributed by atoms with E-state index in [2.05, 4.69) is 103 Å². The molecule has 0 unspecified atom stereocenters. The minimum atomic E-state index is 0.440. The van der Waals surface area contributed by atoms with Gasteiger partial charge in [0.15, 0.2) is 0 Å². The highest BCUT2D eigenvalue weighted by Crippen LogP contribution is 2.36. The lowest BCUT2D eigenvalue weighted by Gasteiger charge is -2.15. The van der Waals surface area contributed by atoms with Crippen molar-refractivity contribution in [1.29, 1.82) is 0 Å². The second-order valence-corrected chi connectivity index (χ2v) is 8.63. The van der Waals surface area contributed by atoms with Crippen molar-refractivity contribution in [2.45, 2.75) is 39.0 Å². The Morgan fingerprint density at radius 3 is 2.23 bits per heavy atom. The van der Waals surface area contributed by atoms with E-state index in [1.54, 1.807) is 0 Å². The zero-order valence-electron chi connectivity index (χ0n) is 18.3. The first-order chi connectivity index (χ1) is 15.2. The van der Waals surface area contributed by atoms with Crippen LogP contribution in [-0.4, -0.2) is 16.3 Å². The number of rotatable bonds is 4. The van der Waals surface area contributed by atoms with Gasteiger partial charge < -0.3 is 5.32 Å². The topological polar surface area (TPSA) is 29.9 Å². The summed E-state index contributed by atoms with van der Waals surface area (Å²) in [6.45, 7) is 5.49. The zero-order valence-corrected chi connectivity index (χ0v) is 18.3. The fourth-order valence-electron chi connectivity index (χ4n) is 4.53. The molecule has 0 radical (unpaired) electrons. The summed E-state index contributed by atoms with van der Waals surface area (Å²) >= 11 is 0. The molecule has 0 fully saturated rings. The molecule has 0 saturated heterocycles. The zero-order chi connectivity index (χ0) is 21.2. The van der Waals surface area contributed by atoms with Crippen LogP contribution in [0.5, 0.6) is 0 Å². The van der Waals surface area contributed by atoms with Crippen molar-refractivity contribution in [2.24, 2.45) is 0 Å². The highest BCUT2D eigenvalue weighted by atomic mass is 15.3. The molecule has 0 saturated carbocycles. The van der Waals surface area contributed by atoms with Gasteiger partial charge in [0.05, 0.1) is 11.4 Å². The second-order valence-electron chi connectivity index (χ2n) is 8.63. The van der Waals surface area contributed by atoms with Crippen molar-refractivity contribution in [3.05, 3.63) is 90.0 Å². The number of hydrogen-bond donors (Lipinski definition) is 1. The fourth-order valence-corrected chi connectivity index (χ4v) is 4.53. The Labute approximate surface area is 184 Å². The number of fused-ring (bicyclic) bond motifs is 1. The van der Waals surface area contributed by atoms with Crippen LogP contribution in [-0.2, 0) is 6.42 Å². The Morgan fingerprint density at radius 2 is 1.45 bits per heavy atom. The molecule has 3 nitrogen and oxygen atoms in total. The maximum absolute atomic E-state index is 5.17. The van der Waals surface area contributed by atoms with Gasteiger partial charge in [-0.15, -0.1) is 0 Å². The van der Waals surface area contributed by atoms with Gasteiger partial charge in [-0.1, -0.05) is 86.6 Å². The first-order valence-electron chi connectivity index (χ1n) is 11.3. The van der Waals surface area contributed by atoms with E-state index in [1.807, 2.05) is 0 Å². The quantitative estimate of drug-likeness (QED) is 0.392. The van der Waals surface area contributed by atoms with E-state index in [9.17, 15) is 0 Å². The van der Waals surface area contributed by atoms with Gasteiger partial charge in [0, 0.05) is 17.7 Å². The molecule has 4 aromatic rings. The number of aromatic nitrogens is 2. The van der Waals surface area contributed by atoms with Crippen molar-refractivity contribution in [1.82, 2.24) is 9.78 Å². The van der Waals surface area contributed by atoms with Gasteiger partial charge in [-0.25, -0.2) is 4.68 Å². The Morgan fingerprint density at radius 1 is 0.774 bits per heavy atom. The van der Waals surface area contributed by atoms with Crippen LogP contribution in [0.3, 0.4) is 0 Å². The van der Waals surface area contributed by atoms with Crippen molar-refractivity contribution >= 4 is 5.82 Å².